The van der Waals surface area contributed by atoms with Gasteiger partial charge in [0, 0.05) is 0 Å². The van der Waals surface area contributed by atoms with Gasteiger partial charge in [-0.05, 0) is 11.1 Å². The minimum Gasteiger partial charge on any atom is -0.391 e. The summed E-state index contributed by atoms with van der Waals surface area (Å²) in [6.45, 7) is 1.14. The van der Waals surface area contributed by atoms with Crippen LogP contribution >= 0.6 is 0 Å². The van der Waals surface area contributed by atoms with Gasteiger partial charge in [0.05, 0.1) is 6.54 Å². The van der Waals surface area contributed by atoms with Gasteiger partial charge in [-0.15, -0.1) is 10.2 Å². The first-order valence-electron chi connectivity index (χ1n) is 7.03. The smallest absolute Gasteiger partial charge is 0.178 e. The van der Waals surface area contributed by atoms with Crippen LogP contribution in [0.25, 0.3) is 0 Å². The van der Waals surface area contributed by atoms with Crippen molar-refractivity contribution >= 4 is 6.21 Å². The van der Waals surface area contributed by atoms with Gasteiger partial charge < -0.3 is 9.40 Å². The van der Waals surface area contributed by atoms with E-state index in [0.717, 1.165) is 5.56 Å². The summed E-state index contributed by atoms with van der Waals surface area (Å²) < 4.78 is 1.92. The highest BCUT2D eigenvalue weighted by molar-refractivity contribution is 5.73. The van der Waals surface area contributed by atoms with Crippen molar-refractivity contribution in [1.29, 1.82) is 0 Å². The van der Waals surface area contributed by atoms with Gasteiger partial charge in [-0.25, -0.2) is 0 Å². The molecule has 5 heteroatoms. The number of hydrogen-bond donors (Lipinski definition) is 0. The van der Waals surface area contributed by atoms with Crippen LogP contribution in [0.2, 0.25) is 0 Å². The lowest BCUT2D eigenvalue weighted by Crippen LogP contribution is -2.03. The second kappa shape index (κ2) is 7.17. The highest BCUT2D eigenvalue weighted by Gasteiger charge is 2.02. The van der Waals surface area contributed by atoms with Crippen molar-refractivity contribution in [2.45, 2.75) is 13.2 Å². The Bertz CT molecular complexity index is 723. The summed E-state index contributed by atoms with van der Waals surface area (Å²) in [5.41, 5.74) is 2.26. The topological polar surface area (TPSA) is 52.3 Å². The summed E-state index contributed by atoms with van der Waals surface area (Å²) >= 11 is 0. The fourth-order valence-electron chi connectivity index (χ4n) is 2.04. The summed E-state index contributed by atoms with van der Waals surface area (Å²) in [6.07, 6.45) is 3.27. The first kappa shape index (κ1) is 14.0. The molecular formula is C17H16N4O. The third kappa shape index (κ3) is 3.79. The van der Waals surface area contributed by atoms with Crippen molar-refractivity contribution in [2.24, 2.45) is 5.16 Å². The molecule has 5 nitrogen and oxygen atoms in total. The van der Waals surface area contributed by atoms with E-state index in [1.807, 2.05) is 53.1 Å². The Balaban J connectivity index is 1.59. The molecule has 0 aliphatic heterocycles. The standard InChI is InChI=1S/C17H16N4O/c1-3-7-15(8-4-1)12-21-14-18-20-17(21)11-19-22-13-16-9-5-2-6-10-16/h1-11,14H,12-13H2/b19-11+. The molecule has 0 fully saturated rings. The fourth-order valence-corrected chi connectivity index (χ4v) is 2.04. The number of hydrogen-bond acceptors (Lipinski definition) is 4. The number of benzene rings is 2. The molecule has 0 unspecified atom stereocenters. The molecule has 3 aromatic rings. The zero-order valence-corrected chi connectivity index (χ0v) is 12.0. The molecule has 0 aliphatic rings. The summed E-state index contributed by atoms with van der Waals surface area (Å²) in [6, 6.07) is 20.0. The van der Waals surface area contributed by atoms with E-state index in [1.165, 1.54) is 5.56 Å². The average molecular weight is 292 g/mol. The average Bonchev–Trinajstić information content (AvgIpc) is 3.01. The predicted octanol–water partition coefficient (Wildman–Crippen LogP) is 2.88. The maximum absolute atomic E-state index is 5.29. The van der Waals surface area contributed by atoms with Crippen molar-refractivity contribution < 1.29 is 4.84 Å². The second-order valence-corrected chi connectivity index (χ2v) is 4.80. The third-order valence-corrected chi connectivity index (χ3v) is 3.16. The van der Waals surface area contributed by atoms with Gasteiger partial charge in [0.1, 0.15) is 19.1 Å². The monoisotopic (exact) mass is 292 g/mol. The van der Waals surface area contributed by atoms with E-state index in [0.29, 0.717) is 19.0 Å². The van der Waals surface area contributed by atoms with E-state index in [2.05, 4.69) is 27.5 Å². The Morgan fingerprint density at radius 3 is 2.36 bits per heavy atom. The van der Waals surface area contributed by atoms with Crippen molar-refractivity contribution in [1.82, 2.24) is 14.8 Å². The molecule has 0 spiro atoms. The third-order valence-electron chi connectivity index (χ3n) is 3.16. The molecule has 0 atom stereocenters. The first-order valence-corrected chi connectivity index (χ1v) is 7.03. The van der Waals surface area contributed by atoms with Gasteiger partial charge in [-0.1, -0.05) is 65.8 Å². The summed E-state index contributed by atoms with van der Waals surface area (Å²) in [4.78, 5) is 5.29. The van der Waals surface area contributed by atoms with Crippen LogP contribution in [-0.2, 0) is 18.0 Å². The van der Waals surface area contributed by atoms with Gasteiger partial charge in [0.25, 0.3) is 0 Å². The lowest BCUT2D eigenvalue weighted by molar-refractivity contribution is 0.132. The Morgan fingerprint density at radius 2 is 1.64 bits per heavy atom. The first-order chi connectivity index (χ1) is 10.9. The van der Waals surface area contributed by atoms with Crippen LogP contribution in [0.1, 0.15) is 17.0 Å². The zero-order chi connectivity index (χ0) is 15.0. The van der Waals surface area contributed by atoms with Crippen molar-refractivity contribution in [3.63, 3.8) is 0 Å². The Morgan fingerprint density at radius 1 is 0.955 bits per heavy atom. The number of aromatic nitrogens is 3. The van der Waals surface area contributed by atoms with Crippen LogP contribution < -0.4 is 0 Å². The summed E-state index contributed by atoms with van der Waals surface area (Å²) in [5, 5.41) is 11.9. The molecule has 0 radical (unpaired) electrons. The van der Waals surface area contributed by atoms with E-state index in [9.17, 15) is 0 Å². The van der Waals surface area contributed by atoms with Crippen molar-refractivity contribution in [3.8, 4) is 0 Å². The molecule has 0 saturated carbocycles. The highest BCUT2D eigenvalue weighted by Crippen LogP contribution is 2.04. The molecule has 0 saturated heterocycles. The second-order valence-electron chi connectivity index (χ2n) is 4.80. The van der Waals surface area contributed by atoms with E-state index in [1.54, 1.807) is 12.5 Å². The Kier molecular flexibility index (Phi) is 4.57. The summed E-state index contributed by atoms with van der Waals surface area (Å²) in [5.74, 6) is 0.664. The molecule has 0 bridgehead atoms. The molecule has 0 amide bonds. The van der Waals surface area contributed by atoms with E-state index in [-0.39, 0.29) is 0 Å². The molecule has 1 aromatic heterocycles. The number of rotatable bonds is 6. The molecule has 0 aliphatic carbocycles. The maximum Gasteiger partial charge on any atom is 0.178 e. The van der Waals surface area contributed by atoms with Crippen molar-refractivity contribution in [2.75, 3.05) is 0 Å². The quantitative estimate of drug-likeness (QED) is 0.518. The molecule has 22 heavy (non-hydrogen) atoms. The zero-order valence-electron chi connectivity index (χ0n) is 12.0. The molecule has 0 N–H and O–H groups in total. The molecule has 1 heterocycles. The lowest BCUT2D eigenvalue weighted by atomic mass is 10.2. The highest BCUT2D eigenvalue weighted by atomic mass is 16.6. The maximum atomic E-state index is 5.29. The SMILES string of the molecule is C(=N\OCc1ccccc1)/c1nncn1Cc1ccccc1. The minimum absolute atomic E-state index is 0.435. The number of nitrogens with zero attached hydrogens (tertiary/aromatic N) is 4. The van der Waals surface area contributed by atoms with Gasteiger partial charge in [0.15, 0.2) is 5.82 Å². The number of oxime groups is 1. The van der Waals surface area contributed by atoms with Crippen LogP contribution in [0.5, 0.6) is 0 Å². The molecular weight excluding hydrogens is 276 g/mol. The molecule has 3 rings (SSSR count). The predicted molar refractivity (Wildman–Crippen MR) is 84.4 cm³/mol. The van der Waals surface area contributed by atoms with Crippen LogP contribution in [-0.4, -0.2) is 21.0 Å². The van der Waals surface area contributed by atoms with Gasteiger partial charge in [0.2, 0.25) is 0 Å². The summed E-state index contributed by atoms with van der Waals surface area (Å²) in [7, 11) is 0. The largest absolute Gasteiger partial charge is 0.391 e. The van der Waals surface area contributed by atoms with E-state index < -0.39 is 0 Å². The van der Waals surface area contributed by atoms with E-state index in [4.69, 9.17) is 4.84 Å². The minimum atomic E-state index is 0.435. The lowest BCUT2D eigenvalue weighted by Gasteiger charge is -2.03. The molecule has 2 aromatic carbocycles. The van der Waals surface area contributed by atoms with Gasteiger partial charge >= 0.3 is 0 Å². The Labute approximate surface area is 128 Å². The van der Waals surface area contributed by atoms with Gasteiger partial charge in [-0.3, -0.25) is 0 Å². The molecule has 110 valence electrons. The van der Waals surface area contributed by atoms with Crippen LogP contribution in [0.15, 0.2) is 72.1 Å². The fraction of sp³-hybridized carbons (Fsp3) is 0.118. The van der Waals surface area contributed by atoms with Crippen LogP contribution in [0, 0.1) is 0 Å². The normalized spacial score (nSPS) is 10.9. The van der Waals surface area contributed by atoms with Crippen molar-refractivity contribution in [3.05, 3.63) is 83.9 Å². The van der Waals surface area contributed by atoms with Crippen LogP contribution in [0.3, 0.4) is 0 Å². The van der Waals surface area contributed by atoms with Gasteiger partial charge in [-0.2, -0.15) is 0 Å². The Hall–Kier alpha value is -2.95. The van der Waals surface area contributed by atoms with Crippen LogP contribution in [0.4, 0.5) is 0 Å². The van der Waals surface area contributed by atoms with E-state index >= 15 is 0 Å².